The third-order valence-corrected chi connectivity index (χ3v) is 6.40. The zero-order chi connectivity index (χ0) is 31.5. The molecule has 42 heavy (non-hydrogen) atoms. The van der Waals surface area contributed by atoms with Crippen molar-refractivity contribution in [2.75, 3.05) is 25.4 Å². The standard InChI is InChI=1S/C26H43N9O6S/c27-11-5-4-10-18(33-21(36)14-32-22(37)17(28)9-6-12-31-26(29)30)23(38)34-19(13-16-7-2-1-3-8-16)24(39)35-20(15-42)25(40)41/h1-3,7-8,17-20,42H,4-6,9-15,27-28H2,(H,32,37)(H,33,36)(H,34,38)(H,35,39)(H,40,41)(H4,29,30,31). The Bertz CT molecular complexity index is 1060. The molecule has 0 fully saturated rings. The molecule has 0 spiro atoms. The second-order valence-electron chi connectivity index (χ2n) is 9.51. The van der Waals surface area contributed by atoms with Crippen molar-refractivity contribution in [3.8, 4) is 0 Å². The van der Waals surface area contributed by atoms with Crippen LogP contribution in [0.4, 0.5) is 0 Å². The van der Waals surface area contributed by atoms with Crippen molar-refractivity contribution in [1.29, 1.82) is 0 Å². The number of aliphatic imine (C=N–C) groups is 1. The summed E-state index contributed by atoms with van der Waals surface area (Å²) < 4.78 is 0. The lowest BCUT2D eigenvalue weighted by molar-refractivity contribution is -0.141. The molecule has 4 atom stereocenters. The van der Waals surface area contributed by atoms with Crippen LogP contribution in [-0.2, 0) is 30.4 Å². The normalized spacial score (nSPS) is 13.5. The molecule has 16 heteroatoms. The van der Waals surface area contributed by atoms with E-state index in [0.29, 0.717) is 32.4 Å². The monoisotopic (exact) mass is 609 g/mol. The van der Waals surface area contributed by atoms with Gasteiger partial charge in [0.2, 0.25) is 23.6 Å². The van der Waals surface area contributed by atoms with Gasteiger partial charge in [-0.25, -0.2) is 4.79 Å². The molecule has 0 aliphatic carbocycles. The molecule has 13 N–H and O–H groups in total. The van der Waals surface area contributed by atoms with Crippen LogP contribution in [0.15, 0.2) is 35.3 Å². The smallest absolute Gasteiger partial charge is 0.327 e. The van der Waals surface area contributed by atoms with Crippen molar-refractivity contribution in [2.24, 2.45) is 27.9 Å². The average molecular weight is 610 g/mol. The Kier molecular flexibility index (Phi) is 17.3. The Balaban J connectivity index is 2.90. The number of thiol groups is 1. The minimum absolute atomic E-state index is 0.0659. The molecule has 0 bridgehead atoms. The number of guanidine groups is 1. The zero-order valence-corrected chi connectivity index (χ0v) is 24.4. The van der Waals surface area contributed by atoms with Gasteiger partial charge in [0.05, 0.1) is 12.6 Å². The minimum Gasteiger partial charge on any atom is -0.480 e. The molecular formula is C26H43N9O6S. The summed E-state index contributed by atoms with van der Waals surface area (Å²) in [5.41, 5.74) is 22.7. The summed E-state index contributed by atoms with van der Waals surface area (Å²) in [6.45, 7) is 0.244. The highest BCUT2D eigenvalue weighted by Gasteiger charge is 2.29. The molecule has 4 unspecified atom stereocenters. The zero-order valence-electron chi connectivity index (χ0n) is 23.5. The summed E-state index contributed by atoms with van der Waals surface area (Å²) in [5, 5.41) is 19.4. The van der Waals surface area contributed by atoms with E-state index in [9.17, 15) is 29.1 Å². The van der Waals surface area contributed by atoms with Crippen LogP contribution < -0.4 is 44.2 Å². The van der Waals surface area contributed by atoms with Crippen LogP contribution in [0.3, 0.4) is 0 Å². The first-order valence-corrected chi connectivity index (χ1v) is 14.2. The van der Waals surface area contributed by atoms with Gasteiger partial charge in [-0.3, -0.25) is 24.2 Å². The highest BCUT2D eigenvalue weighted by molar-refractivity contribution is 7.80. The average Bonchev–Trinajstić information content (AvgIpc) is 2.95. The lowest BCUT2D eigenvalue weighted by atomic mass is 10.0. The molecule has 4 amide bonds. The van der Waals surface area contributed by atoms with Gasteiger partial charge in [-0.05, 0) is 44.2 Å². The molecule has 0 saturated carbocycles. The van der Waals surface area contributed by atoms with Crippen molar-refractivity contribution >= 4 is 48.2 Å². The Labute approximate surface area is 250 Å². The number of carboxylic acid groups (broad SMARTS) is 1. The number of nitrogens with one attached hydrogen (secondary N) is 4. The van der Waals surface area contributed by atoms with Crippen molar-refractivity contribution < 1.29 is 29.1 Å². The summed E-state index contributed by atoms with van der Waals surface area (Å²) in [6.07, 6.45) is 2.11. The molecule has 1 aromatic rings. The quantitative estimate of drug-likeness (QED) is 0.0317. The lowest BCUT2D eigenvalue weighted by Crippen LogP contribution is -2.57. The van der Waals surface area contributed by atoms with E-state index in [2.05, 4.69) is 38.9 Å². The molecule has 0 aliphatic rings. The summed E-state index contributed by atoms with van der Waals surface area (Å²) in [5.74, 6) is -4.07. The number of carbonyl (C=O) groups excluding carboxylic acids is 4. The Morgan fingerprint density at radius 3 is 2.10 bits per heavy atom. The van der Waals surface area contributed by atoms with Gasteiger partial charge >= 0.3 is 5.97 Å². The molecule has 1 rings (SSSR count). The van der Waals surface area contributed by atoms with Crippen LogP contribution in [0, 0.1) is 0 Å². The SMILES string of the molecule is NCCCCC(NC(=O)CNC(=O)C(N)CCCN=C(N)N)C(=O)NC(Cc1ccccc1)C(=O)NC(CS)C(=O)O. The van der Waals surface area contributed by atoms with Crippen LogP contribution in [0.25, 0.3) is 0 Å². The fourth-order valence-electron chi connectivity index (χ4n) is 3.75. The van der Waals surface area contributed by atoms with Gasteiger partial charge in [-0.15, -0.1) is 0 Å². The Hall–Kier alpha value is -3.89. The molecule has 1 aromatic carbocycles. The summed E-state index contributed by atoms with van der Waals surface area (Å²) in [4.78, 5) is 66.5. The first kappa shape index (κ1) is 36.1. The first-order chi connectivity index (χ1) is 20.0. The van der Waals surface area contributed by atoms with Crippen LogP contribution in [0.5, 0.6) is 0 Å². The summed E-state index contributed by atoms with van der Waals surface area (Å²) >= 11 is 3.97. The number of benzene rings is 1. The topological polar surface area (TPSA) is 270 Å². The predicted molar refractivity (Wildman–Crippen MR) is 161 cm³/mol. The van der Waals surface area contributed by atoms with Crippen LogP contribution in [-0.4, -0.2) is 90.2 Å². The van der Waals surface area contributed by atoms with Gasteiger partial charge in [0.1, 0.15) is 18.1 Å². The van der Waals surface area contributed by atoms with E-state index in [1.165, 1.54) is 0 Å². The first-order valence-electron chi connectivity index (χ1n) is 13.5. The highest BCUT2D eigenvalue weighted by Crippen LogP contribution is 2.07. The summed E-state index contributed by atoms with van der Waals surface area (Å²) in [6, 6.07) is 4.48. The molecule has 0 aromatic heterocycles. The molecule has 15 nitrogen and oxygen atoms in total. The number of nitrogens with zero attached hydrogens (tertiary/aromatic N) is 1. The lowest BCUT2D eigenvalue weighted by Gasteiger charge is -2.24. The Morgan fingerprint density at radius 2 is 1.50 bits per heavy atom. The maximum Gasteiger partial charge on any atom is 0.327 e. The predicted octanol–water partition coefficient (Wildman–Crippen LogP) is -2.68. The highest BCUT2D eigenvalue weighted by atomic mass is 32.1. The maximum atomic E-state index is 13.3. The van der Waals surface area contributed by atoms with Crippen LogP contribution >= 0.6 is 12.6 Å². The molecule has 234 valence electrons. The van der Waals surface area contributed by atoms with Gasteiger partial charge in [0.15, 0.2) is 5.96 Å². The van der Waals surface area contributed by atoms with E-state index in [0.717, 1.165) is 5.56 Å². The minimum atomic E-state index is -1.27. The van der Waals surface area contributed by atoms with Crippen LogP contribution in [0.1, 0.15) is 37.7 Å². The van der Waals surface area contributed by atoms with Crippen molar-refractivity contribution in [1.82, 2.24) is 21.3 Å². The van der Waals surface area contributed by atoms with Gasteiger partial charge in [0.25, 0.3) is 0 Å². The maximum absolute atomic E-state index is 13.3. The van der Waals surface area contributed by atoms with E-state index >= 15 is 0 Å². The second kappa shape index (κ2) is 20.1. The van der Waals surface area contributed by atoms with Crippen LogP contribution in [0.2, 0.25) is 0 Å². The fraction of sp³-hybridized carbons (Fsp3) is 0.538. The fourth-order valence-corrected chi connectivity index (χ4v) is 3.99. The van der Waals surface area contributed by atoms with E-state index in [-0.39, 0.29) is 31.0 Å². The molecular weight excluding hydrogens is 566 g/mol. The molecule has 0 radical (unpaired) electrons. The largest absolute Gasteiger partial charge is 0.480 e. The van der Waals surface area contributed by atoms with Gasteiger partial charge in [-0.2, -0.15) is 12.6 Å². The molecule has 0 heterocycles. The second-order valence-corrected chi connectivity index (χ2v) is 9.88. The van der Waals surface area contributed by atoms with E-state index in [1.54, 1.807) is 30.3 Å². The number of rotatable bonds is 20. The van der Waals surface area contributed by atoms with Crippen molar-refractivity contribution in [2.45, 2.75) is 62.7 Å². The molecule has 0 aliphatic heterocycles. The third-order valence-electron chi connectivity index (χ3n) is 6.04. The van der Waals surface area contributed by atoms with E-state index in [1.807, 2.05) is 0 Å². The van der Waals surface area contributed by atoms with E-state index < -0.39 is 60.3 Å². The number of nitrogens with two attached hydrogens (primary N) is 4. The number of hydrogen-bond acceptors (Lipinski definition) is 9. The number of amides is 4. The third kappa shape index (κ3) is 14.7. The number of carbonyl (C=O) groups is 5. The van der Waals surface area contributed by atoms with Gasteiger partial charge in [0, 0.05) is 18.7 Å². The number of unbranched alkanes of at least 4 members (excludes halogenated alkanes) is 1. The van der Waals surface area contributed by atoms with Gasteiger partial charge in [-0.1, -0.05) is 30.3 Å². The van der Waals surface area contributed by atoms with Gasteiger partial charge < -0.3 is 49.3 Å². The van der Waals surface area contributed by atoms with Crippen molar-refractivity contribution in [3.05, 3.63) is 35.9 Å². The Morgan fingerprint density at radius 1 is 0.857 bits per heavy atom. The summed E-state index contributed by atoms with van der Waals surface area (Å²) in [7, 11) is 0. The molecule has 0 saturated heterocycles. The number of hydrogen-bond donors (Lipinski definition) is 10. The number of carboxylic acids is 1. The van der Waals surface area contributed by atoms with E-state index in [4.69, 9.17) is 22.9 Å². The number of aliphatic carboxylic acids is 1. The van der Waals surface area contributed by atoms with Crippen molar-refractivity contribution in [3.63, 3.8) is 0 Å².